The molecular formula is C43H59ClN2O8S. The molecule has 2 aromatic carbocycles. The van der Waals surface area contributed by atoms with E-state index in [1.54, 1.807) is 22.7 Å². The fourth-order valence-electron chi connectivity index (χ4n) is 8.54. The van der Waals surface area contributed by atoms with Crippen molar-refractivity contribution in [2.24, 2.45) is 22.9 Å². The molecule has 5 rings (SSSR count). The highest BCUT2D eigenvalue weighted by molar-refractivity contribution is 7.99. The van der Waals surface area contributed by atoms with Crippen molar-refractivity contribution in [3.8, 4) is 11.5 Å². The zero-order valence-corrected chi connectivity index (χ0v) is 34.0. The molecular weight excluding hydrogens is 740 g/mol. The van der Waals surface area contributed by atoms with Crippen molar-refractivity contribution >= 4 is 35.2 Å². The van der Waals surface area contributed by atoms with Gasteiger partial charge in [0.05, 0.1) is 30.7 Å². The van der Waals surface area contributed by atoms with Crippen LogP contribution >= 0.6 is 23.4 Å². The molecule has 0 radical (unpaired) electrons. The molecule has 0 saturated heterocycles. The second-order valence-corrected chi connectivity index (χ2v) is 15.7. The van der Waals surface area contributed by atoms with Crippen molar-refractivity contribution in [1.82, 2.24) is 4.90 Å². The Morgan fingerprint density at radius 3 is 2.58 bits per heavy atom. The van der Waals surface area contributed by atoms with Crippen LogP contribution in [0.1, 0.15) is 76.7 Å². The molecule has 6 atom stereocenters. The predicted molar refractivity (Wildman–Crippen MR) is 218 cm³/mol. The van der Waals surface area contributed by atoms with Gasteiger partial charge in [0.2, 0.25) is 5.79 Å². The fraction of sp³-hybridized carbons (Fsp3) is 0.581. The lowest BCUT2D eigenvalue weighted by Gasteiger charge is -2.59. The van der Waals surface area contributed by atoms with Gasteiger partial charge in [-0.2, -0.15) is 0 Å². The summed E-state index contributed by atoms with van der Waals surface area (Å²) >= 11 is 7.74. The average molecular weight is 799 g/mol. The molecule has 0 unspecified atom stereocenters. The Kier molecular flexibility index (Phi) is 17.1. The minimum absolute atomic E-state index is 0.0731. The van der Waals surface area contributed by atoms with Crippen molar-refractivity contribution in [2.45, 2.75) is 87.9 Å². The number of fused-ring (bicyclic) bond motifs is 2. The van der Waals surface area contributed by atoms with E-state index in [9.17, 15) is 15.0 Å². The van der Waals surface area contributed by atoms with Crippen LogP contribution in [0.4, 0.5) is 4.79 Å². The summed E-state index contributed by atoms with van der Waals surface area (Å²) in [6.07, 6.45) is 9.38. The number of ether oxygens (including phenoxy) is 4. The van der Waals surface area contributed by atoms with Gasteiger partial charge in [0.25, 0.3) is 0 Å². The first kappa shape index (κ1) is 42.9. The van der Waals surface area contributed by atoms with Crippen LogP contribution in [0.3, 0.4) is 0 Å². The van der Waals surface area contributed by atoms with E-state index in [2.05, 4.69) is 30.9 Å². The summed E-state index contributed by atoms with van der Waals surface area (Å²) in [5.41, 5.74) is 2.77. The third kappa shape index (κ3) is 10.4. The Labute approximate surface area is 336 Å². The summed E-state index contributed by atoms with van der Waals surface area (Å²) < 4.78 is 26.3. The SMILES string of the molecule is C=CCO[C@@]12Oc3ccc(OCCSc4ccccc4)cc3[C@H]3[C@H](CCCCO)[C@@H](CCCCO)C=C(C(=NOCC)C[C@@H]1N(CCC)C(=O)OCCCl)[C@H]32. The maximum Gasteiger partial charge on any atom is 0.410 e. The van der Waals surface area contributed by atoms with Gasteiger partial charge in [-0.3, -0.25) is 4.90 Å². The monoisotopic (exact) mass is 798 g/mol. The van der Waals surface area contributed by atoms with Crippen LogP contribution in [0.25, 0.3) is 0 Å². The molecule has 1 aliphatic heterocycles. The van der Waals surface area contributed by atoms with Crippen LogP contribution in [0.2, 0.25) is 0 Å². The van der Waals surface area contributed by atoms with Crippen LogP contribution in [0.15, 0.2) is 82.9 Å². The van der Waals surface area contributed by atoms with Crippen molar-refractivity contribution in [1.29, 1.82) is 0 Å². The highest BCUT2D eigenvalue weighted by Crippen LogP contribution is 2.62. The van der Waals surface area contributed by atoms with Crippen LogP contribution in [0.5, 0.6) is 11.5 Å². The topological polar surface area (TPSA) is 119 Å². The average Bonchev–Trinajstić information content (AvgIpc) is 3.21. The number of aliphatic hydroxyl groups excluding tert-OH is 2. The van der Waals surface area contributed by atoms with Gasteiger partial charge >= 0.3 is 6.09 Å². The summed E-state index contributed by atoms with van der Waals surface area (Å²) in [5.74, 6) is 0.795. The van der Waals surface area contributed by atoms with Crippen LogP contribution in [-0.4, -0.2) is 96.6 Å². The smallest absolute Gasteiger partial charge is 0.410 e. The zero-order chi connectivity index (χ0) is 39.0. The summed E-state index contributed by atoms with van der Waals surface area (Å²) in [7, 11) is 0. The van der Waals surface area contributed by atoms with Crippen LogP contribution in [-0.2, 0) is 14.3 Å². The molecule has 1 saturated carbocycles. The Bertz CT molecular complexity index is 1580. The minimum atomic E-state index is -1.34. The van der Waals surface area contributed by atoms with Crippen LogP contribution in [0, 0.1) is 17.8 Å². The van der Waals surface area contributed by atoms with Gasteiger partial charge in [-0.05, 0) is 86.8 Å². The molecule has 1 heterocycles. The van der Waals surface area contributed by atoms with Gasteiger partial charge in [-0.25, -0.2) is 4.79 Å². The number of aliphatic hydroxyl groups is 2. The number of amides is 1. The molecule has 1 fully saturated rings. The van der Waals surface area contributed by atoms with Crippen molar-refractivity contribution in [3.05, 3.63) is 78.4 Å². The maximum atomic E-state index is 14.0. The molecule has 3 aliphatic rings. The Hall–Kier alpha value is -3.22. The number of halogens is 1. The molecule has 2 N–H and O–H groups in total. The van der Waals surface area contributed by atoms with E-state index < -0.39 is 23.8 Å². The van der Waals surface area contributed by atoms with E-state index in [-0.39, 0.29) is 50.1 Å². The third-order valence-corrected chi connectivity index (χ3v) is 11.8. The number of rotatable bonds is 23. The second-order valence-electron chi connectivity index (χ2n) is 14.2. The first-order valence-corrected chi connectivity index (χ1v) is 21.5. The number of oxime groups is 1. The molecule has 2 aromatic rings. The minimum Gasteiger partial charge on any atom is -0.493 e. The molecule has 10 nitrogen and oxygen atoms in total. The van der Waals surface area contributed by atoms with Gasteiger partial charge in [0, 0.05) is 48.3 Å². The first-order valence-electron chi connectivity index (χ1n) is 20.0. The maximum absolute atomic E-state index is 14.0. The van der Waals surface area contributed by atoms with E-state index >= 15 is 0 Å². The molecule has 0 aromatic heterocycles. The van der Waals surface area contributed by atoms with Gasteiger partial charge < -0.3 is 34.0 Å². The summed E-state index contributed by atoms with van der Waals surface area (Å²) in [6, 6.07) is 15.7. The number of carbonyl (C=O) groups is 1. The summed E-state index contributed by atoms with van der Waals surface area (Å²) in [5, 5.41) is 24.4. The summed E-state index contributed by atoms with van der Waals surface area (Å²) in [4.78, 5) is 22.7. The highest BCUT2D eigenvalue weighted by atomic mass is 35.5. The fourth-order valence-corrected chi connectivity index (χ4v) is 9.37. The number of unbranched alkanes of at least 4 members (excludes halogenated alkanes) is 2. The van der Waals surface area contributed by atoms with Crippen molar-refractivity contribution in [3.63, 3.8) is 0 Å². The normalized spacial score (nSPS) is 24.6. The number of carbonyl (C=O) groups excluding carboxylic acids is 1. The quantitative estimate of drug-likeness (QED) is 0.0375. The largest absolute Gasteiger partial charge is 0.493 e. The molecule has 0 spiro atoms. The Balaban J connectivity index is 1.67. The number of alkyl halides is 1. The van der Waals surface area contributed by atoms with E-state index in [1.165, 1.54) is 4.90 Å². The zero-order valence-electron chi connectivity index (χ0n) is 32.4. The number of allylic oxidation sites excluding steroid dienone is 1. The van der Waals surface area contributed by atoms with Gasteiger partial charge in [-0.1, -0.05) is 55.3 Å². The van der Waals surface area contributed by atoms with Gasteiger partial charge in [0.1, 0.15) is 30.8 Å². The number of benzene rings is 2. The predicted octanol–water partition coefficient (Wildman–Crippen LogP) is 8.60. The Morgan fingerprint density at radius 2 is 1.87 bits per heavy atom. The lowest BCUT2D eigenvalue weighted by molar-refractivity contribution is -0.255. The van der Waals surface area contributed by atoms with E-state index in [0.717, 1.165) is 54.0 Å². The highest BCUT2D eigenvalue weighted by Gasteiger charge is 2.65. The number of thioether (sulfide) groups is 1. The number of hydrogen-bond acceptors (Lipinski definition) is 10. The third-order valence-electron chi connectivity index (χ3n) is 10.7. The Morgan fingerprint density at radius 1 is 1.09 bits per heavy atom. The van der Waals surface area contributed by atoms with Crippen molar-refractivity contribution in [2.75, 3.05) is 57.8 Å². The molecule has 2 aliphatic carbocycles. The second kappa shape index (κ2) is 21.9. The molecule has 12 heteroatoms. The first-order chi connectivity index (χ1) is 27.0. The van der Waals surface area contributed by atoms with Gasteiger partial charge in [-0.15, -0.1) is 29.9 Å². The van der Waals surface area contributed by atoms with Crippen LogP contribution < -0.4 is 9.47 Å². The van der Waals surface area contributed by atoms with Crippen molar-refractivity contribution < 1.29 is 38.8 Å². The molecule has 0 bridgehead atoms. The van der Waals surface area contributed by atoms with Gasteiger partial charge in [0.15, 0.2) is 0 Å². The number of hydrogen-bond donors (Lipinski definition) is 2. The molecule has 1 amide bonds. The lowest BCUT2D eigenvalue weighted by atomic mass is 9.55. The van der Waals surface area contributed by atoms with E-state index in [1.807, 2.05) is 44.2 Å². The summed E-state index contributed by atoms with van der Waals surface area (Å²) in [6.45, 7) is 9.75. The lowest BCUT2D eigenvalue weighted by Crippen LogP contribution is -2.70. The standard InChI is InChI=1S/C43H59ClN2O8S/c1-4-21-46(42(49)51-25-20-44)39-30-37(45-53-6-3)35-28-31(14-10-12-22-47)34(17-11-13-23-48)40-36-29-32(50-26-27-55-33-15-8-7-9-16-33)18-19-38(36)54-43(39,41(35)40)52-24-5-2/h5,7-9,15-16,18-19,28-29,31,34,39-41,47-48H,2,4,6,10-14,17,20-27,30H2,1,3H3/t31-,34+,39-,40+,41+,43+/m0/s1. The van der Waals surface area contributed by atoms with E-state index in [4.69, 9.17) is 40.5 Å². The van der Waals surface area contributed by atoms with E-state index in [0.29, 0.717) is 51.2 Å². The molecule has 55 heavy (non-hydrogen) atoms. The molecule has 302 valence electrons. The number of nitrogens with zero attached hydrogens (tertiary/aromatic N) is 2.